The van der Waals surface area contributed by atoms with Crippen molar-refractivity contribution in [2.45, 2.75) is 18.4 Å². The standard InChI is InChI=1S/C19H21N5O2/c25-24-8-4-16(5-9-24)19(13-24)12-22-18(26-19)23-17-10-14(3-7-21-17)15-2-1-6-20-11-15/h1-3,6-7,10-11,16H,4-5,8-9,12-13H2,(H,21,22,23)/t16?,19-,24?/m0/s1. The number of amidine groups is 1. The summed E-state index contributed by atoms with van der Waals surface area (Å²) in [5.41, 5.74) is 1.62. The number of hydrogen-bond donors (Lipinski definition) is 1. The highest BCUT2D eigenvalue weighted by atomic mass is 16.6. The largest absolute Gasteiger partial charge is 0.633 e. The summed E-state index contributed by atoms with van der Waals surface area (Å²) in [5, 5.41) is 15.9. The average Bonchev–Trinajstić information content (AvgIpc) is 3.04. The molecular formula is C19H21N5O2. The number of anilines is 1. The maximum atomic E-state index is 12.7. The Morgan fingerprint density at radius 3 is 2.85 bits per heavy atom. The van der Waals surface area contributed by atoms with Crippen molar-refractivity contribution in [2.75, 3.05) is 31.5 Å². The lowest BCUT2D eigenvalue weighted by Gasteiger charge is -2.58. The van der Waals surface area contributed by atoms with Gasteiger partial charge in [-0.05, 0) is 23.8 Å². The topological polar surface area (TPSA) is 82.5 Å². The molecule has 0 saturated carbocycles. The Morgan fingerprint density at radius 2 is 2.08 bits per heavy atom. The first-order chi connectivity index (χ1) is 12.6. The van der Waals surface area contributed by atoms with Gasteiger partial charge in [-0.25, -0.2) is 9.98 Å². The number of pyridine rings is 2. The molecule has 7 nitrogen and oxygen atoms in total. The van der Waals surface area contributed by atoms with Crippen LogP contribution in [0.4, 0.5) is 5.82 Å². The molecule has 0 unspecified atom stereocenters. The molecule has 26 heavy (non-hydrogen) atoms. The zero-order valence-corrected chi connectivity index (χ0v) is 14.5. The minimum absolute atomic E-state index is 0.131. The van der Waals surface area contributed by atoms with Crippen molar-refractivity contribution in [1.82, 2.24) is 9.97 Å². The Balaban J connectivity index is 1.33. The van der Waals surface area contributed by atoms with E-state index in [4.69, 9.17) is 4.74 Å². The first-order valence-corrected chi connectivity index (χ1v) is 9.08. The summed E-state index contributed by atoms with van der Waals surface area (Å²) in [6.45, 7) is 2.50. The number of quaternary nitrogens is 1. The average molecular weight is 351 g/mol. The molecule has 0 amide bonds. The zero-order chi connectivity index (χ0) is 17.6. The Kier molecular flexibility index (Phi) is 3.48. The molecule has 2 aromatic heterocycles. The van der Waals surface area contributed by atoms with Crippen molar-refractivity contribution in [3.05, 3.63) is 48.1 Å². The maximum absolute atomic E-state index is 12.7. The van der Waals surface area contributed by atoms with Crippen LogP contribution in [0.15, 0.2) is 47.8 Å². The minimum Gasteiger partial charge on any atom is -0.633 e. The SMILES string of the molecule is [O-][N+]12CCC(CC1)[C@]1(CN=C(Nc3cc(-c4cccnc4)ccn3)O1)C2. The van der Waals surface area contributed by atoms with E-state index in [9.17, 15) is 5.21 Å². The van der Waals surface area contributed by atoms with E-state index in [0.717, 1.165) is 24.0 Å². The molecule has 4 aliphatic heterocycles. The number of nitrogens with zero attached hydrogens (tertiary/aromatic N) is 4. The quantitative estimate of drug-likeness (QED) is 0.664. The van der Waals surface area contributed by atoms with Crippen LogP contribution in [0.1, 0.15) is 12.8 Å². The molecule has 1 spiro atoms. The summed E-state index contributed by atoms with van der Waals surface area (Å²) in [5.74, 6) is 1.10. The fraction of sp³-hybridized carbons (Fsp3) is 0.421. The van der Waals surface area contributed by atoms with E-state index < -0.39 is 5.60 Å². The van der Waals surface area contributed by atoms with Gasteiger partial charge < -0.3 is 14.6 Å². The fourth-order valence-electron chi connectivity index (χ4n) is 4.48. The number of aromatic nitrogens is 2. The van der Waals surface area contributed by atoms with Crippen LogP contribution in [0.2, 0.25) is 0 Å². The molecule has 0 radical (unpaired) electrons. The van der Waals surface area contributed by atoms with E-state index in [-0.39, 0.29) is 4.65 Å². The smallest absolute Gasteiger partial charge is 0.291 e. The van der Waals surface area contributed by atoms with Crippen LogP contribution in [-0.4, -0.2) is 52.4 Å². The normalized spacial score (nSPS) is 32.3. The fourth-order valence-corrected chi connectivity index (χ4v) is 4.48. The van der Waals surface area contributed by atoms with Gasteiger partial charge in [-0.3, -0.25) is 10.3 Å². The highest BCUT2D eigenvalue weighted by Crippen LogP contribution is 2.44. The van der Waals surface area contributed by atoms with Crippen molar-refractivity contribution < 1.29 is 9.38 Å². The predicted molar refractivity (Wildman–Crippen MR) is 98.2 cm³/mol. The molecular weight excluding hydrogens is 330 g/mol. The van der Waals surface area contributed by atoms with Crippen molar-refractivity contribution in [1.29, 1.82) is 0 Å². The molecule has 134 valence electrons. The molecule has 2 bridgehead atoms. The third kappa shape index (κ3) is 2.64. The van der Waals surface area contributed by atoms with Gasteiger partial charge in [0.2, 0.25) is 0 Å². The van der Waals surface area contributed by atoms with Gasteiger partial charge in [0.15, 0.2) is 5.60 Å². The van der Waals surface area contributed by atoms with Crippen LogP contribution in [0.3, 0.4) is 0 Å². The summed E-state index contributed by atoms with van der Waals surface area (Å²) in [7, 11) is 0. The number of rotatable bonds is 2. The zero-order valence-electron chi connectivity index (χ0n) is 14.5. The molecule has 6 heterocycles. The first kappa shape index (κ1) is 15.7. The lowest BCUT2D eigenvalue weighted by Crippen LogP contribution is -2.67. The molecule has 0 aromatic carbocycles. The second kappa shape index (κ2) is 5.75. The van der Waals surface area contributed by atoms with E-state index in [2.05, 4.69) is 20.3 Å². The number of ether oxygens (including phenoxy) is 1. The molecule has 1 N–H and O–H groups in total. The Morgan fingerprint density at radius 1 is 1.19 bits per heavy atom. The Labute approximate surface area is 151 Å². The molecule has 3 saturated heterocycles. The van der Waals surface area contributed by atoms with Crippen molar-refractivity contribution >= 4 is 11.8 Å². The number of nitrogens with one attached hydrogen (secondary N) is 1. The second-order valence-electron chi connectivity index (χ2n) is 7.52. The summed E-state index contributed by atoms with van der Waals surface area (Å²) < 4.78 is 6.08. The molecule has 3 fully saturated rings. The number of hydroxylamine groups is 3. The molecule has 2 aromatic rings. The number of fused-ring (bicyclic) bond motifs is 2. The third-order valence-electron chi connectivity index (χ3n) is 5.85. The summed E-state index contributed by atoms with van der Waals surface area (Å²) in [6, 6.07) is 8.29. The predicted octanol–water partition coefficient (Wildman–Crippen LogP) is 2.42. The lowest BCUT2D eigenvalue weighted by molar-refractivity contribution is -0.905. The first-order valence-electron chi connectivity index (χ1n) is 9.08. The number of piperidine rings is 3. The van der Waals surface area contributed by atoms with Gasteiger partial charge in [0.25, 0.3) is 6.02 Å². The molecule has 1 atom stereocenters. The number of aliphatic imine (C=N–C) groups is 1. The van der Waals surface area contributed by atoms with E-state index in [1.165, 1.54) is 0 Å². The van der Waals surface area contributed by atoms with E-state index in [1.807, 2.05) is 30.5 Å². The van der Waals surface area contributed by atoms with Gasteiger partial charge in [-0.2, -0.15) is 0 Å². The van der Waals surface area contributed by atoms with Crippen LogP contribution in [-0.2, 0) is 4.74 Å². The maximum Gasteiger partial charge on any atom is 0.291 e. The van der Waals surface area contributed by atoms with Gasteiger partial charge in [0, 0.05) is 42.9 Å². The third-order valence-corrected chi connectivity index (χ3v) is 5.85. The number of hydrogen-bond acceptors (Lipinski definition) is 6. The lowest BCUT2D eigenvalue weighted by atomic mass is 9.75. The highest BCUT2D eigenvalue weighted by molar-refractivity contribution is 5.90. The van der Waals surface area contributed by atoms with Gasteiger partial charge >= 0.3 is 0 Å². The van der Waals surface area contributed by atoms with Crippen LogP contribution in [0.25, 0.3) is 11.1 Å². The van der Waals surface area contributed by atoms with E-state index in [1.54, 1.807) is 12.4 Å². The molecule has 7 heteroatoms. The Bertz CT molecular complexity index is 848. The van der Waals surface area contributed by atoms with Crippen LogP contribution >= 0.6 is 0 Å². The van der Waals surface area contributed by atoms with E-state index >= 15 is 0 Å². The summed E-state index contributed by atoms with van der Waals surface area (Å²) in [4.78, 5) is 13.1. The van der Waals surface area contributed by atoms with Crippen molar-refractivity contribution in [3.63, 3.8) is 0 Å². The van der Waals surface area contributed by atoms with Gasteiger partial charge in [0.1, 0.15) is 12.4 Å². The highest BCUT2D eigenvalue weighted by Gasteiger charge is 2.56. The van der Waals surface area contributed by atoms with Gasteiger partial charge in [-0.15, -0.1) is 0 Å². The van der Waals surface area contributed by atoms with Crippen molar-refractivity contribution in [2.24, 2.45) is 10.9 Å². The Hall–Kier alpha value is -2.51. The van der Waals surface area contributed by atoms with E-state index in [0.29, 0.717) is 43.9 Å². The van der Waals surface area contributed by atoms with Crippen LogP contribution in [0, 0.1) is 11.1 Å². The van der Waals surface area contributed by atoms with Crippen LogP contribution < -0.4 is 5.32 Å². The minimum atomic E-state index is -0.429. The second-order valence-corrected chi connectivity index (χ2v) is 7.52. The monoisotopic (exact) mass is 351 g/mol. The molecule has 6 rings (SSSR count). The summed E-state index contributed by atoms with van der Waals surface area (Å²) >= 11 is 0. The summed E-state index contributed by atoms with van der Waals surface area (Å²) in [6.07, 6.45) is 7.19. The van der Waals surface area contributed by atoms with Gasteiger partial charge in [-0.1, -0.05) is 6.07 Å². The molecule has 0 aliphatic carbocycles. The molecule has 4 aliphatic rings. The van der Waals surface area contributed by atoms with Gasteiger partial charge in [0.05, 0.1) is 19.6 Å². The van der Waals surface area contributed by atoms with Crippen LogP contribution in [0.5, 0.6) is 0 Å². The van der Waals surface area contributed by atoms with Crippen molar-refractivity contribution in [3.8, 4) is 11.1 Å².